The minimum Gasteiger partial charge on any atom is -0.377 e. The number of ether oxygens (including phenoxy) is 1. The minimum absolute atomic E-state index is 0.155. The van der Waals surface area contributed by atoms with Crippen LogP contribution in [-0.4, -0.2) is 66.3 Å². The van der Waals surface area contributed by atoms with E-state index >= 15 is 0 Å². The molecular formula is C21H25N5O3S. The van der Waals surface area contributed by atoms with E-state index in [0.29, 0.717) is 38.7 Å². The second-order valence-corrected chi connectivity index (χ2v) is 9.99. The Morgan fingerprint density at radius 1 is 1.20 bits per heavy atom. The van der Waals surface area contributed by atoms with Crippen molar-refractivity contribution in [3.8, 4) is 11.3 Å². The molecule has 3 aromatic rings. The summed E-state index contributed by atoms with van der Waals surface area (Å²) >= 11 is 0. The van der Waals surface area contributed by atoms with Gasteiger partial charge in [0.1, 0.15) is 0 Å². The third-order valence-electron chi connectivity index (χ3n) is 5.96. The van der Waals surface area contributed by atoms with Gasteiger partial charge in [-0.3, -0.25) is 0 Å². The van der Waals surface area contributed by atoms with Crippen molar-refractivity contribution in [2.24, 2.45) is 0 Å². The maximum atomic E-state index is 12.2. The fraction of sp³-hybridized carbons (Fsp3) is 0.429. The molecule has 0 spiro atoms. The van der Waals surface area contributed by atoms with Gasteiger partial charge in [0.05, 0.1) is 43.4 Å². The molecule has 1 atom stereocenters. The molecule has 158 valence electrons. The Balaban J connectivity index is 1.68. The molecule has 1 saturated heterocycles. The molecule has 9 heteroatoms. The molecule has 0 radical (unpaired) electrons. The Kier molecular flexibility index (Phi) is 4.76. The van der Waals surface area contributed by atoms with Gasteiger partial charge in [0.15, 0.2) is 0 Å². The van der Waals surface area contributed by atoms with Crippen LogP contribution in [0.15, 0.2) is 30.5 Å². The molecule has 1 unspecified atom stereocenters. The molecule has 1 aromatic carbocycles. The lowest BCUT2D eigenvalue weighted by Gasteiger charge is -2.35. The van der Waals surface area contributed by atoms with Crippen LogP contribution in [-0.2, 0) is 27.7 Å². The van der Waals surface area contributed by atoms with E-state index in [2.05, 4.69) is 22.9 Å². The SMILES string of the molecule is CC1COCCN1c1nc2c(c(-c3c[nH]c4ccccc34)n1)CCN(S(C)(=O)=O)C2. The Bertz CT molecular complexity index is 1210. The molecule has 1 fully saturated rings. The molecule has 2 aromatic heterocycles. The molecule has 30 heavy (non-hydrogen) atoms. The van der Waals surface area contributed by atoms with E-state index in [1.165, 1.54) is 10.6 Å². The number of hydrogen-bond donors (Lipinski definition) is 1. The molecular weight excluding hydrogens is 402 g/mol. The first-order chi connectivity index (χ1) is 14.4. The van der Waals surface area contributed by atoms with Crippen LogP contribution in [0, 0.1) is 0 Å². The molecule has 4 heterocycles. The Hall–Kier alpha value is -2.49. The monoisotopic (exact) mass is 427 g/mol. The number of hydrogen-bond acceptors (Lipinski definition) is 6. The van der Waals surface area contributed by atoms with Crippen LogP contribution in [0.3, 0.4) is 0 Å². The zero-order valence-corrected chi connectivity index (χ0v) is 17.9. The van der Waals surface area contributed by atoms with E-state index < -0.39 is 10.0 Å². The molecule has 0 bridgehead atoms. The highest BCUT2D eigenvalue weighted by molar-refractivity contribution is 7.88. The first-order valence-electron chi connectivity index (χ1n) is 10.2. The van der Waals surface area contributed by atoms with Crippen LogP contribution in [0.25, 0.3) is 22.2 Å². The third-order valence-corrected chi connectivity index (χ3v) is 7.21. The van der Waals surface area contributed by atoms with Crippen molar-refractivity contribution < 1.29 is 13.2 Å². The van der Waals surface area contributed by atoms with Gasteiger partial charge < -0.3 is 14.6 Å². The van der Waals surface area contributed by atoms with Crippen LogP contribution < -0.4 is 4.90 Å². The van der Waals surface area contributed by atoms with Gasteiger partial charge in [0, 0.05) is 41.3 Å². The van der Waals surface area contributed by atoms with Gasteiger partial charge in [-0.1, -0.05) is 18.2 Å². The number of nitrogens with zero attached hydrogens (tertiary/aromatic N) is 4. The third kappa shape index (κ3) is 3.36. The second kappa shape index (κ2) is 7.33. The number of anilines is 1. The van der Waals surface area contributed by atoms with Crippen molar-refractivity contribution in [1.29, 1.82) is 0 Å². The van der Waals surface area contributed by atoms with Crippen molar-refractivity contribution in [3.63, 3.8) is 0 Å². The van der Waals surface area contributed by atoms with E-state index in [1.54, 1.807) is 0 Å². The van der Waals surface area contributed by atoms with Crippen molar-refractivity contribution in [2.75, 3.05) is 37.5 Å². The molecule has 0 amide bonds. The van der Waals surface area contributed by atoms with E-state index in [0.717, 1.165) is 33.4 Å². The van der Waals surface area contributed by atoms with Gasteiger partial charge >= 0.3 is 0 Å². The fourth-order valence-electron chi connectivity index (χ4n) is 4.32. The number of nitrogens with one attached hydrogen (secondary N) is 1. The highest BCUT2D eigenvalue weighted by Gasteiger charge is 2.30. The van der Waals surface area contributed by atoms with Crippen molar-refractivity contribution in [2.45, 2.75) is 25.9 Å². The number of para-hydroxylation sites is 1. The molecule has 2 aliphatic rings. The summed E-state index contributed by atoms with van der Waals surface area (Å²) in [6, 6.07) is 8.30. The van der Waals surface area contributed by atoms with Gasteiger partial charge in [-0.15, -0.1) is 0 Å². The number of fused-ring (bicyclic) bond motifs is 2. The van der Waals surface area contributed by atoms with Crippen LogP contribution in [0.4, 0.5) is 5.95 Å². The Morgan fingerprint density at radius 3 is 2.83 bits per heavy atom. The maximum Gasteiger partial charge on any atom is 0.226 e. The van der Waals surface area contributed by atoms with Gasteiger partial charge in [0.2, 0.25) is 16.0 Å². The van der Waals surface area contributed by atoms with Gasteiger partial charge in [-0.2, -0.15) is 4.31 Å². The lowest BCUT2D eigenvalue weighted by molar-refractivity contribution is 0.0980. The number of sulfonamides is 1. The average Bonchev–Trinajstić information content (AvgIpc) is 3.16. The molecule has 5 rings (SSSR count). The smallest absolute Gasteiger partial charge is 0.226 e. The summed E-state index contributed by atoms with van der Waals surface area (Å²) in [4.78, 5) is 15.3. The van der Waals surface area contributed by atoms with Crippen LogP contribution in [0.1, 0.15) is 18.2 Å². The molecule has 0 saturated carbocycles. The zero-order valence-electron chi connectivity index (χ0n) is 17.1. The first kappa shape index (κ1) is 19.5. The summed E-state index contributed by atoms with van der Waals surface area (Å²) < 4.78 is 31.4. The number of aromatic nitrogens is 3. The van der Waals surface area contributed by atoms with Crippen LogP contribution in [0.5, 0.6) is 0 Å². The summed E-state index contributed by atoms with van der Waals surface area (Å²) in [5.74, 6) is 0.639. The predicted octanol–water partition coefficient (Wildman–Crippen LogP) is 2.17. The number of rotatable bonds is 3. The number of H-pyrrole nitrogens is 1. The average molecular weight is 428 g/mol. The lowest BCUT2D eigenvalue weighted by Crippen LogP contribution is -2.45. The van der Waals surface area contributed by atoms with Crippen molar-refractivity contribution in [3.05, 3.63) is 41.7 Å². The second-order valence-electron chi connectivity index (χ2n) is 8.01. The van der Waals surface area contributed by atoms with E-state index in [4.69, 9.17) is 14.7 Å². The topological polar surface area (TPSA) is 91.4 Å². The van der Waals surface area contributed by atoms with Gasteiger partial charge in [-0.25, -0.2) is 18.4 Å². The van der Waals surface area contributed by atoms with Crippen molar-refractivity contribution in [1.82, 2.24) is 19.3 Å². The molecule has 0 aliphatic carbocycles. The summed E-state index contributed by atoms with van der Waals surface area (Å²) in [5, 5.41) is 1.10. The summed E-state index contributed by atoms with van der Waals surface area (Å²) in [6.07, 6.45) is 3.84. The molecule has 1 N–H and O–H groups in total. The van der Waals surface area contributed by atoms with Gasteiger partial charge in [0.25, 0.3) is 0 Å². The lowest BCUT2D eigenvalue weighted by atomic mass is 9.99. The fourth-order valence-corrected chi connectivity index (χ4v) is 5.10. The quantitative estimate of drug-likeness (QED) is 0.689. The van der Waals surface area contributed by atoms with E-state index in [9.17, 15) is 8.42 Å². The number of aromatic amines is 1. The summed E-state index contributed by atoms with van der Waals surface area (Å²) in [7, 11) is -3.29. The molecule has 2 aliphatic heterocycles. The largest absolute Gasteiger partial charge is 0.377 e. The summed E-state index contributed by atoms with van der Waals surface area (Å²) in [5.41, 5.74) is 4.79. The normalized spacial score (nSPS) is 20.5. The highest BCUT2D eigenvalue weighted by Crippen LogP contribution is 2.35. The first-order valence-corrected chi connectivity index (χ1v) is 12.0. The van der Waals surface area contributed by atoms with Gasteiger partial charge in [-0.05, 0) is 19.4 Å². The maximum absolute atomic E-state index is 12.2. The predicted molar refractivity (Wildman–Crippen MR) is 116 cm³/mol. The van der Waals surface area contributed by atoms with E-state index in [-0.39, 0.29) is 12.6 Å². The number of benzene rings is 1. The number of morpholine rings is 1. The Labute approximate surface area is 175 Å². The molecule has 8 nitrogen and oxygen atoms in total. The van der Waals surface area contributed by atoms with E-state index in [1.807, 2.05) is 24.4 Å². The van der Waals surface area contributed by atoms with Crippen LogP contribution in [0.2, 0.25) is 0 Å². The minimum atomic E-state index is -3.29. The van der Waals surface area contributed by atoms with Crippen LogP contribution >= 0.6 is 0 Å². The standard InChI is InChI=1S/C21H25N5O3S/c1-14-13-29-10-9-26(14)21-23-19-12-25(30(2,27)28)8-7-16(19)20(24-21)17-11-22-18-6-4-3-5-15(17)18/h3-6,11,14,22H,7-10,12-13H2,1-2H3. The Morgan fingerprint density at radius 2 is 2.03 bits per heavy atom. The highest BCUT2D eigenvalue weighted by atomic mass is 32.2. The summed E-state index contributed by atoms with van der Waals surface area (Å²) in [6.45, 7) is 4.77. The van der Waals surface area contributed by atoms with Crippen molar-refractivity contribution >= 4 is 26.9 Å². The zero-order chi connectivity index (χ0) is 20.9.